The molecule has 3 amide bonds. The van der Waals surface area contributed by atoms with Crippen molar-refractivity contribution in [3.63, 3.8) is 0 Å². The van der Waals surface area contributed by atoms with Crippen LogP contribution in [0.3, 0.4) is 0 Å². The lowest BCUT2D eigenvalue weighted by molar-refractivity contribution is -0.132. The third kappa shape index (κ3) is 4.82. The number of carbonyl (C=O) groups excluding carboxylic acids is 3. The van der Waals surface area contributed by atoms with Gasteiger partial charge in [0.25, 0.3) is 11.8 Å². The summed E-state index contributed by atoms with van der Waals surface area (Å²) in [5.41, 5.74) is 0.0197. The predicted molar refractivity (Wildman–Crippen MR) is 128 cm³/mol. The van der Waals surface area contributed by atoms with Crippen LogP contribution in [-0.4, -0.2) is 57.6 Å². The Bertz CT molecular complexity index is 1130. The minimum atomic E-state index is -1.07. The zero-order chi connectivity index (χ0) is 25.2. The predicted octanol–water partition coefficient (Wildman–Crippen LogP) is 2.33. The largest absolute Gasteiger partial charge is 0.454 e. The number of benzene rings is 1. The van der Waals surface area contributed by atoms with E-state index in [1.807, 2.05) is 19.1 Å². The molecule has 0 saturated heterocycles. The molecule has 0 saturated carbocycles. The molecule has 0 bridgehead atoms. The van der Waals surface area contributed by atoms with E-state index in [0.29, 0.717) is 36.9 Å². The van der Waals surface area contributed by atoms with Gasteiger partial charge in [-0.25, -0.2) is 4.98 Å². The first kappa shape index (κ1) is 24.6. The summed E-state index contributed by atoms with van der Waals surface area (Å²) in [5.74, 6) is 0.736. The number of ether oxygens (including phenoxy) is 2. The Balaban J connectivity index is 1.51. The van der Waals surface area contributed by atoms with Gasteiger partial charge >= 0.3 is 0 Å². The van der Waals surface area contributed by atoms with Crippen molar-refractivity contribution in [1.29, 1.82) is 0 Å². The van der Waals surface area contributed by atoms with Gasteiger partial charge in [-0.1, -0.05) is 26.8 Å². The minimum absolute atomic E-state index is 0.0547. The first-order chi connectivity index (χ1) is 16.7. The van der Waals surface area contributed by atoms with Crippen LogP contribution >= 0.6 is 0 Å². The van der Waals surface area contributed by atoms with Gasteiger partial charge in [0.05, 0.1) is 12.9 Å². The number of hydrogen-bond acceptors (Lipinski definition) is 6. The second kappa shape index (κ2) is 9.97. The van der Waals surface area contributed by atoms with Crippen molar-refractivity contribution in [2.24, 2.45) is 5.92 Å². The number of rotatable bonds is 9. The van der Waals surface area contributed by atoms with Crippen LogP contribution in [0.15, 0.2) is 24.5 Å². The van der Waals surface area contributed by atoms with Crippen LogP contribution in [-0.2, 0) is 17.9 Å². The lowest BCUT2D eigenvalue weighted by Gasteiger charge is -2.43. The van der Waals surface area contributed by atoms with Crippen LogP contribution in [0.2, 0.25) is 0 Å². The molecule has 2 aromatic rings. The second-order valence-electron chi connectivity index (χ2n) is 9.61. The Morgan fingerprint density at radius 3 is 2.71 bits per heavy atom. The van der Waals surface area contributed by atoms with E-state index in [0.717, 1.165) is 12.0 Å². The molecule has 2 N–H and O–H groups in total. The highest BCUT2D eigenvalue weighted by molar-refractivity contribution is 6.07. The lowest BCUT2D eigenvalue weighted by atomic mass is 9.93. The molecule has 0 unspecified atom stereocenters. The highest BCUT2D eigenvalue weighted by Crippen LogP contribution is 2.33. The summed E-state index contributed by atoms with van der Waals surface area (Å²) < 4.78 is 12.3. The molecule has 2 aliphatic heterocycles. The van der Waals surface area contributed by atoms with Crippen molar-refractivity contribution in [2.75, 3.05) is 19.9 Å². The normalized spacial score (nSPS) is 18.5. The Labute approximate surface area is 205 Å². The highest BCUT2D eigenvalue weighted by Gasteiger charge is 2.48. The van der Waals surface area contributed by atoms with E-state index in [-0.39, 0.29) is 43.1 Å². The first-order valence-corrected chi connectivity index (χ1v) is 12.1. The fraction of sp³-hybridized carbons (Fsp3) is 0.520. The molecule has 35 heavy (non-hydrogen) atoms. The maximum atomic E-state index is 13.6. The van der Waals surface area contributed by atoms with E-state index >= 15 is 0 Å². The molecule has 0 spiro atoms. The van der Waals surface area contributed by atoms with Crippen LogP contribution in [0.4, 0.5) is 0 Å². The Morgan fingerprint density at radius 2 is 1.97 bits per heavy atom. The standard InChI is InChI=1S/C25H33N5O5/c1-5-10-30-23(32)21-20(22(31)27-12-17-6-7-18-19(11-17)35-15-34-18)28-14-29(21)13-25(30,4)24(33)26-9-8-16(2)3/h6-7,11,14,16H,5,8-10,12-13,15H2,1-4H3,(H,26,33)(H,27,31)/t25-/m1/s1. The fourth-order valence-corrected chi connectivity index (χ4v) is 4.41. The van der Waals surface area contributed by atoms with Crippen molar-refractivity contribution in [3.05, 3.63) is 41.5 Å². The number of hydrogen-bond donors (Lipinski definition) is 2. The molecule has 1 atom stereocenters. The van der Waals surface area contributed by atoms with Crippen molar-refractivity contribution in [1.82, 2.24) is 25.1 Å². The van der Waals surface area contributed by atoms with Gasteiger partial charge in [0, 0.05) is 19.6 Å². The maximum absolute atomic E-state index is 13.6. The molecule has 4 rings (SSSR count). The molecular weight excluding hydrogens is 450 g/mol. The molecule has 10 heteroatoms. The number of imidazole rings is 1. The van der Waals surface area contributed by atoms with Gasteiger partial charge in [-0.3, -0.25) is 14.4 Å². The third-order valence-electron chi connectivity index (χ3n) is 6.41. The lowest BCUT2D eigenvalue weighted by Crippen LogP contribution is -2.64. The molecule has 188 valence electrons. The summed E-state index contributed by atoms with van der Waals surface area (Å²) >= 11 is 0. The molecule has 2 aliphatic rings. The average Bonchev–Trinajstić information content (AvgIpc) is 3.46. The van der Waals surface area contributed by atoms with E-state index in [4.69, 9.17) is 9.47 Å². The number of aromatic nitrogens is 2. The molecule has 10 nitrogen and oxygen atoms in total. The van der Waals surface area contributed by atoms with Gasteiger partial charge in [0.15, 0.2) is 17.2 Å². The molecule has 0 aliphatic carbocycles. The van der Waals surface area contributed by atoms with Gasteiger partial charge in [0.1, 0.15) is 11.2 Å². The average molecular weight is 484 g/mol. The Kier molecular flexibility index (Phi) is 7.00. The summed E-state index contributed by atoms with van der Waals surface area (Å²) in [4.78, 5) is 45.6. The Morgan fingerprint density at radius 1 is 1.20 bits per heavy atom. The topological polar surface area (TPSA) is 115 Å². The number of nitrogens with one attached hydrogen (secondary N) is 2. The van der Waals surface area contributed by atoms with Crippen LogP contribution < -0.4 is 20.1 Å². The smallest absolute Gasteiger partial charge is 0.273 e. The number of nitrogens with zero attached hydrogens (tertiary/aromatic N) is 3. The number of amides is 3. The van der Waals surface area contributed by atoms with Gasteiger partial charge in [-0.05, 0) is 43.4 Å². The fourth-order valence-electron chi connectivity index (χ4n) is 4.41. The number of fused-ring (bicyclic) bond motifs is 2. The van der Waals surface area contributed by atoms with Crippen molar-refractivity contribution >= 4 is 17.7 Å². The molecule has 1 aromatic carbocycles. The summed E-state index contributed by atoms with van der Waals surface area (Å²) in [6, 6.07) is 5.44. The van der Waals surface area contributed by atoms with Crippen molar-refractivity contribution < 1.29 is 23.9 Å². The maximum Gasteiger partial charge on any atom is 0.273 e. The third-order valence-corrected chi connectivity index (χ3v) is 6.41. The SMILES string of the molecule is CCCN1C(=O)c2c(C(=O)NCc3ccc4c(c3)OCO4)ncn2C[C@]1(C)C(=O)NCCC(C)C. The van der Waals surface area contributed by atoms with Crippen LogP contribution in [0, 0.1) is 5.92 Å². The van der Waals surface area contributed by atoms with Gasteiger partial charge in [-0.2, -0.15) is 0 Å². The quantitative estimate of drug-likeness (QED) is 0.566. The van der Waals surface area contributed by atoms with Gasteiger partial charge < -0.3 is 29.6 Å². The van der Waals surface area contributed by atoms with E-state index in [1.165, 1.54) is 6.33 Å². The van der Waals surface area contributed by atoms with Crippen LogP contribution in [0.1, 0.15) is 67.1 Å². The van der Waals surface area contributed by atoms with E-state index < -0.39 is 11.4 Å². The summed E-state index contributed by atoms with van der Waals surface area (Å²) in [6.07, 6.45) is 3.00. The van der Waals surface area contributed by atoms with Crippen molar-refractivity contribution in [3.8, 4) is 11.5 Å². The van der Waals surface area contributed by atoms with E-state index in [2.05, 4.69) is 29.5 Å². The minimum Gasteiger partial charge on any atom is -0.454 e. The zero-order valence-corrected chi connectivity index (χ0v) is 20.7. The molecular formula is C25H33N5O5. The van der Waals surface area contributed by atoms with Crippen LogP contribution in [0.25, 0.3) is 0 Å². The Hall–Kier alpha value is -3.56. The highest BCUT2D eigenvalue weighted by atomic mass is 16.7. The molecule has 1 aromatic heterocycles. The van der Waals surface area contributed by atoms with Crippen LogP contribution in [0.5, 0.6) is 11.5 Å². The summed E-state index contributed by atoms with van der Waals surface area (Å²) in [7, 11) is 0. The zero-order valence-electron chi connectivity index (χ0n) is 20.7. The first-order valence-electron chi connectivity index (χ1n) is 12.1. The van der Waals surface area contributed by atoms with Gasteiger partial charge in [0.2, 0.25) is 12.7 Å². The molecule has 3 heterocycles. The van der Waals surface area contributed by atoms with E-state index in [9.17, 15) is 14.4 Å². The molecule has 0 fully saturated rings. The summed E-state index contributed by atoms with van der Waals surface area (Å²) in [6.45, 7) is 9.51. The summed E-state index contributed by atoms with van der Waals surface area (Å²) in [5, 5.41) is 5.82. The molecule has 0 radical (unpaired) electrons. The monoisotopic (exact) mass is 483 g/mol. The second-order valence-corrected chi connectivity index (χ2v) is 9.61. The van der Waals surface area contributed by atoms with E-state index in [1.54, 1.807) is 22.5 Å². The van der Waals surface area contributed by atoms with Crippen molar-refractivity contribution in [2.45, 2.75) is 59.2 Å². The van der Waals surface area contributed by atoms with Gasteiger partial charge in [-0.15, -0.1) is 0 Å². The number of carbonyl (C=O) groups is 3.